The molecule has 5 heteroatoms. The normalized spacial score (nSPS) is 20.2. The van der Waals surface area contributed by atoms with Crippen LogP contribution in [0.2, 0.25) is 0 Å². The highest BCUT2D eigenvalue weighted by atomic mass is 32.2. The van der Waals surface area contributed by atoms with Crippen LogP contribution >= 0.6 is 0 Å². The van der Waals surface area contributed by atoms with Gasteiger partial charge >= 0.3 is 0 Å². The predicted molar refractivity (Wildman–Crippen MR) is 72.7 cm³/mol. The minimum Gasteiger partial charge on any atom is -0.398 e. The first-order valence-electron chi connectivity index (χ1n) is 6.09. The van der Waals surface area contributed by atoms with Gasteiger partial charge in [-0.1, -0.05) is 19.9 Å². The van der Waals surface area contributed by atoms with Gasteiger partial charge in [0.05, 0.1) is 5.69 Å². The zero-order valence-corrected chi connectivity index (χ0v) is 11.9. The number of benzene rings is 1. The molecule has 0 bridgehead atoms. The van der Waals surface area contributed by atoms with Gasteiger partial charge in [-0.3, -0.25) is 0 Å². The zero-order valence-electron chi connectivity index (χ0n) is 11.1. The number of anilines is 1. The molecule has 1 aliphatic rings. The first-order chi connectivity index (χ1) is 8.22. The van der Waals surface area contributed by atoms with Crippen molar-refractivity contribution < 1.29 is 8.42 Å². The Kier molecular flexibility index (Phi) is 3.15. The summed E-state index contributed by atoms with van der Waals surface area (Å²) < 4.78 is 26.5. The average molecular weight is 268 g/mol. The van der Waals surface area contributed by atoms with Crippen LogP contribution in [0.4, 0.5) is 5.69 Å². The van der Waals surface area contributed by atoms with Crippen LogP contribution in [0.25, 0.3) is 0 Å². The predicted octanol–water partition coefficient (Wildman–Crippen LogP) is 2.00. The fourth-order valence-corrected chi connectivity index (χ4v) is 4.04. The quantitative estimate of drug-likeness (QED) is 0.834. The van der Waals surface area contributed by atoms with Crippen molar-refractivity contribution in [1.29, 1.82) is 0 Å². The zero-order chi connectivity index (χ0) is 13.6. The lowest BCUT2D eigenvalue weighted by atomic mass is 9.93. The van der Waals surface area contributed by atoms with Gasteiger partial charge in [-0.05, 0) is 36.5 Å². The summed E-state index contributed by atoms with van der Waals surface area (Å²) in [6.07, 6.45) is 0.887. The lowest BCUT2D eigenvalue weighted by molar-refractivity contribution is 0.375. The summed E-state index contributed by atoms with van der Waals surface area (Å²) in [6.45, 7) is 7.19. The van der Waals surface area contributed by atoms with E-state index in [0.29, 0.717) is 18.8 Å². The molecule has 0 aromatic heterocycles. The van der Waals surface area contributed by atoms with Gasteiger partial charge in [-0.25, -0.2) is 8.42 Å². The second kappa shape index (κ2) is 4.24. The molecule has 18 heavy (non-hydrogen) atoms. The van der Waals surface area contributed by atoms with E-state index in [4.69, 9.17) is 5.73 Å². The summed E-state index contributed by atoms with van der Waals surface area (Å²) in [5.74, 6) is 0. The van der Waals surface area contributed by atoms with E-state index in [1.807, 2.05) is 6.92 Å². The Balaban J connectivity index is 2.38. The van der Waals surface area contributed by atoms with E-state index >= 15 is 0 Å². The van der Waals surface area contributed by atoms with E-state index in [9.17, 15) is 8.42 Å². The van der Waals surface area contributed by atoms with Crippen LogP contribution in [0.15, 0.2) is 23.1 Å². The first-order valence-corrected chi connectivity index (χ1v) is 7.53. The van der Waals surface area contributed by atoms with E-state index < -0.39 is 10.0 Å². The number of nitrogen functional groups attached to an aromatic ring is 1. The largest absolute Gasteiger partial charge is 0.398 e. The van der Waals surface area contributed by atoms with Gasteiger partial charge in [0.15, 0.2) is 0 Å². The summed E-state index contributed by atoms with van der Waals surface area (Å²) in [6, 6.07) is 5.09. The van der Waals surface area contributed by atoms with Crippen molar-refractivity contribution in [2.45, 2.75) is 32.1 Å². The molecule has 1 aliphatic heterocycles. The minimum atomic E-state index is -3.45. The molecule has 1 aromatic carbocycles. The third-order valence-electron chi connectivity index (χ3n) is 3.43. The van der Waals surface area contributed by atoms with Gasteiger partial charge in [-0.15, -0.1) is 0 Å². The minimum absolute atomic E-state index is 0.0481. The standard InChI is InChI=1S/C13H20N2O2S/c1-10-4-5-12(11(14)8-10)18(16,17)15-7-6-13(2,3)9-15/h4-5,8H,6-7,9,14H2,1-3H3. The SMILES string of the molecule is Cc1ccc(S(=O)(=O)N2CCC(C)(C)C2)c(N)c1. The van der Waals surface area contributed by atoms with E-state index in [1.165, 1.54) is 4.31 Å². The van der Waals surface area contributed by atoms with Crippen LogP contribution in [0.1, 0.15) is 25.8 Å². The topological polar surface area (TPSA) is 63.4 Å². The molecule has 0 saturated carbocycles. The van der Waals surface area contributed by atoms with Gasteiger partial charge < -0.3 is 5.73 Å². The van der Waals surface area contributed by atoms with Crippen molar-refractivity contribution in [3.63, 3.8) is 0 Å². The number of hydrogen-bond acceptors (Lipinski definition) is 3. The fraction of sp³-hybridized carbons (Fsp3) is 0.538. The Labute approximate surface area is 109 Å². The smallest absolute Gasteiger partial charge is 0.245 e. The molecule has 4 nitrogen and oxygen atoms in total. The van der Waals surface area contributed by atoms with Crippen molar-refractivity contribution in [2.24, 2.45) is 5.41 Å². The maximum Gasteiger partial charge on any atom is 0.245 e. The Morgan fingerprint density at radius 3 is 2.50 bits per heavy atom. The van der Waals surface area contributed by atoms with Crippen LogP contribution in [-0.2, 0) is 10.0 Å². The Bertz CT molecular complexity index is 564. The maximum absolute atomic E-state index is 12.5. The Morgan fingerprint density at radius 2 is 2.00 bits per heavy atom. The summed E-state index contributed by atoms with van der Waals surface area (Å²) in [7, 11) is -3.45. The van der Waals surface area contributed by atoms with E-state index in [0.717, 1.165) is 12.0 Å². The molecule has 0 spiro atoms. The van der Waals surface area contributed by atoms with Gasteiger partial charge in [0, 0.05) is 13.1 Å². The summed E-state index contributed by atoms with van der Waals surface area (Å²) in [5.41, 5.74) is 7.18. The van der Waals surface area contributed by atoms with Crippen molar-refractivity contribution >= 4 is 15.7 Å². The first kappa shape index (κ1) is 13.4. The molecule has 0 aliphatic carbocycles. The van der Waals surface area contributed by atoms with Crippen LogP contribution in [0, 0.1) is 12.3 Å². The number of sulfonamides is 1. The number of aryl methyl sites for hydroxylation is 1. The van der Waals surface area contributed by atoms with E-state index in [-0.39, 0.29) is 10.3 Å². The Morgan fingerprint density at radius 1 is 1.33 bits per heavy atom. The van der Waals surface area contributed by atoms with Gasteiger partial charge in [-0.2, -0.15) is 4.31 Å². The van der Waals surface area contributed by atoms with E-state index in [2.05, 4.69) is 13.8 Å². The lowest BCUT2D eigenvalue weighted by Gasteiger charge is -2.20. The molecule has 2 N–H and O–H groups in total. The second-order valence-corrected chi connectivity index (χ2v) is 7.70. The number of nitrogens with two attached hydrogens (primary N) is 1. The van der Waals surface area contributed by atoms with Crippen LogP contribution in [0.5, 0.6) is 0 Å². The molecule has 2 rings (SSSR count). The summed E-state index contributed by atoms with van der Waals surface area (Å²) in [5, 5.41) is 0. The van der Waals surface area contributed by atoms with Crippen LogP contribution < -0.4 is 5.73 Å². The fourth-order valence-electron chi connectivity index (χ4n) is 2.31. The second-order valence-electron chi connectivity index (χ2n) is 5.79. The molecule has 1 aromatic rings. The maximum atomic E-state index is 12.5. The molecule has 1 fully saturated rings. The van der Waals surface area contributed by atoms with Crippen molar-refractivity contribution in [3.05, 3.63) is 23.8 Å². The monoisotopic (exact) mass is 268 g/mol. The van der Waals surface area contributed by atoms with E-state index in [1.54, 1.807) is 18.2 Å². The average Bonchev–Trinajstić information content (AvgIpc) is 2.58. The highest BCUT2D eigenvalue weighted by molar-refractivity contribution is 7.89. The number of hydrogen-bond donors (Lipinski definition) is 1. The van der Waals surface area contributed by atoms with Crippen molar-refractivity contribution in [3.8, 4) is 0 Å². The summed E-state index contributed by atoms with van der Waals surface area (Å²) >= 11 is 0. The molecule has 0 atom stereocenters. The highest BCUT2D eigenvalue weighted by Crippen LogP contribution is 2.34. The van der Waals surface area contributed by atoms with Gasteiger partial charge in [0.2, 0.25) is 10.0 Å². The number of nitrogens with zero attached hydrogens (tertiary/aromatic N) is 1. The third kappa shape index (κ3) is 2.37. The molecule has 100 valence electrons. The molecule has 0 unspecified atom stereocenters. The number of rotatable bonds is 2. The molecular weight excluding hydrogens is 248 g/mol. The lowest BCUT2D eigenvalue weighted by Crippen LogP contribution is -2.30. The molecule has 0 radical (unpaired) electrons. The molecule has 1 saturated heterocycles. The third-order valence-corrected chi connectivity index (χ3v) is 5.34. The molecular formula is C13H20N2O2S. The van der Waals surface area contributed by atoms with Crippen molar-refractivity contribution in [1.82, 2.24) is 4.31 Å². The van der Waals surface area contributed by atoms with Crippen molar-refractivity contribution in [2.75, 3.05) is 18.8 Å². The van der Waals surface area contributed by atoms with Gasteiger partial charge in [0.1, 0.15) is 4.90 Å². The van der Waals surface area contributed by atoms with Crippen LogP contribution in [0.3, 0.4) is 0 Å². The summed E-state index contributed by atoms with van der Waals surface area (Å²) in [4.78, 5) is 0.228. The van der Waals surface area contributed by atoms with Crippen LogP contribution in [-0.4, -0.2) is 25.8 Å². The molecule has 1 heterocycles. The van der Waals surface area contributed by atoms with Gasteiger partial charge in [0.25, 0.3) is 0 Å². The highest BCUT2D eigenvalue weighted by Gasteiger charge is 2.37. The Hall–Kier alpha value is -1.07. The molecule has 0 amide bonds.